The minimum Gasteiger partial charge on any atom is -0.304 e. The van der Waals surface area contributed by atoms with Crippen LogP contribution >= 0.6 is 11.6 Å². The van der Waals surface area contributed by atoms with E-state index in [1.54, 1.807) is 28.7 Å². The van der Waals surface area contributed by atoms with Crippen LogP contribution in [0.25, 0.3) is 0 Å². The van der Waals surface area contributed by atoms with E-state index in [2.05, 4.69) is 20.6 Å². The number of rotatable bonds is 4. The lowest BCUT2D eigenvalue weighted by molar-refractivity contribution is 0.102. The normalized spacial score (nSPS) is 10.7. The van der Waals surface area contributed by atoms with Crippen LogP contribution in [0.5, 0.6) is 0 Å². The molecule has 3 aromatic rings. The summed E-state index contributed by atoms with van der Waals surface area (Å²) >= 11 is 6.13. The van der Waals surface area contributed by atoms with Crippen molar-refractivity contribution in [1.82, 2.24) is 29.3 Å². The predicted molar refractivity (Wildman–Crippen MR) is 90.2 cm³/mol. The van der Waals surface area contributed by atoms with Gasteiger partial charge in [0.1, 0.15) is 24.1 Å². The second-order valence-electron chi connectivity index (χ2n) is 5.46. The summed E-state index contributed by atoms with van der Waals surface area (Å²) in [6.45, 7) is 4.03. The van der Waals surface area contributed by atoms with Gasteiger partial charge in [-0.25, -0.2) is 4.68 Å². The Hall–Kier alpha value is -3.12. The molecule has 3 rings (SSSR count). The van der Waals surface area contributed by atoms with Crippen molar-refractivity contribution in [3.8, 4) is 6.07 Å². The molecule has 10 heteroatoms. The maximum absolute atomic E-state index is 12.3. The Labute approximate surface area is 148 Å². The molecule has 0 radical (unpaired) electrons. The Bertz CT molecular complexity index is 990. The smallest absolute Gasteiger partial charge is 0.277 e. The number of aromatic nitrogens is 6. The molecule has 0 unspecified atom stereocenters. The number of carbonyl (C=O) groups is 1. The molecule has 0 saturated carbocycles. The predicted octanol–water partition coefficient (Wildman–Crippen LogP) is 1.71. The lowest BCUT2D eigenvalue weighted by Crippen LogP contribution is -2.17. The number of nitrogens with one attached hydrogen (secondary N) is 1. The van der Waals surface area contributed by atoms with Gasteiger partial charge in [0, 0.05) is 13.2 Å². The highest BCUT2D eigenvalue weighted by Crippen LogP contribution is 2.19. The monoisotopic (exact) mass is 358 g/mol. The van der Waals surface area contributed by atoms with Crippen LogP contribution in [0.3, 0.4) is 0 Å². The van der Waals surface area contributed by atoms with Crippen LogP contribution in [-0.4, -0.2) is 35.2 Å². The number of halogens is 1. The van der Waals surface area contributed by atoms with Crippen LogP contribution in [0.1, 0.15) is 27.4 Å². The van der Waals surface area contributed by atoms with E-state index in [1.807, 2.05) is 19.9 Å². The van der Waals surface area contributed by atoms with Crippen molar-refractivity contribution in [3.05, 3.63) is 46.1 Å². The third-order valence-electron chi connectivity index (χ3n) is 3.74. The summed E-state index contributed by atoms with van der Waals surface area (Å²) in [5, 5.41) is 24.8. The molecule has 1 amide bonds. The van der Waals surface area contributed by atoms with Gasteiger partial charge in [0.2, 0.25) is 0 Å². The standard InChI is InChI=1S/C15H15ClN8O/c1-9-13(16)10(2)24(20-9)8-23-5-4-12(21-23)15(25)19-14-11(6-17)7-18-22(14)3/h4-5,7H,8H2,1-3H3,(H,19,25). The molecular weight excluding hydrogens is 344 g/mol. The number of nitrogens with zero attached hydrogens (tertiary/aromatic N) is 7. The van der Waals surface area contributed by atoms with Gasteiger partial charge in [-0.05, 0) is 19.9 Å². The SMILES string of the molecule is Cc1nn(Cn2ccc(C(=O)Nc3c(C#N)cnn3C)n2)c(C)c1Cl. The molecule has 0 fully saturated rings. The summed E-state index contributed by atoms with van der Waals surface area (Å²) < 4.78 is 4.71. The summed E-state index contributed by atoms with van der Waals surface area (Å²) in [5.41, 5.74) is 2.07. The average molecular weight is 359 g/mol. The zero-order valence-electron chi connectivity index (χ0n) is 13.9. The van der Waals surface area contributed by atoms with Crippen molar-refractivity contribution in [2.24, 2.45) is 7.05 Å². The van der Waals surface area contributed by atoms with Crippen LogP contribution in [0.15, 0.2) is 18.5 Å². The fourth-order valence-electron chi connectivity index (χ4n) is 2.35. The molecule has 25 heavy (non-hydrogen) atoms. The molecule has 0 aromatic carbocycles. The first-order chi connectivity index (χ1) is 11.9. The van der Waals surface area contributed by atoms with Crippen LogP contribution in [-0.2, 0) is 13.7 Å². The zero-order chi connectivity index (χ0) is 18.1. The van der Waals surface area contributed by atoms with E-state index in [-0.39, 0.29) is 11.3 Å². The number of anilines is 1. The molecule has 0 aliphatic rings. The topological polar surface area (TPSA) is 106 Å². The average Bonchev–Trinajstić information content (AvgIpc) is 3.25. The summed E-state index contributed by atoms with van der Waals surface area (Å²) in [4.78, 5) is 12.3. The Morgan fingerprint density at radius 3 is 2.80 bits per heavy atom. The van der Waals surface area contributed by atoms with Gasteiger partial charge in [0.25, 0.3) is 5.91 Å². The van der Waals surface area contributed by atoms with Crippen LogP contribution in [0, 0.1) is 25.2 Å². The second-order valence-corrected chi connectivity index (χ2v) is 5.84. The minimum atomic E-state index is -0.426. The fraction of sp³-hybridized carbons (Fsp3) is 0.267. The molecule has 0 bridgehead atoms. The Morgan fingerprint density at radius 1 is 1.40 bits per heavy atom. The molecule has 0 spiro atoms. The van der Waals surface area contributed by atoms with Crippen molar-refractivity contribution in [1.29, 1.82) is 5.26 Å². The van der Waals surface area contributed by atoms with E-state index in [9.17, 15) is 4.79 Å². The lowest BCUT2D eigenvalue weighted by atomic mass is 10.3. The van der Waals surface area contributed by atoms with Crippen LogP contribution in [0.4, 0.5) is 5.82 Å². The molecule has 128 valence electrons. The summed E-state index contributed by atoms with van der Waals surface area (Å²) in [6, 6.07) is 3.57. The van der Waals surface area contributed by atoms with E-state index in [0.717, 1.165) is 11.4 Å². The number of amides is 1. The van der Waals surface area contributed by atoms with Crippen molar-refractivity contribution in [2.75, 3.05) is 5.32 Å². The van der Waals surface area contributed by atoms with Gasteiger partial charge in [0.05, 0.1) is 22.6 Å². The number of nitriles is 1. The third-order valence-corrected chi connectivity index (χ3v) is 4.28. The fourth-order valence-corrected chi connectivity index (χ4v) is 2.49. The number of carbonyl (C=O) groups excluding carboxylic acids is 1. The van der Waals surface area contributed by atoms with Crippen LogP contribution in [0.2, 0.25) is 5.02 Å². The van der Waals surface area contributed by atoms with Gasteiger partial charge in [-0.1, -0.05) is 11.6 Å². The van der Waals surface area contributed by atoms with E-state index < -0.39 is 5.91 Å². The molecule has 3 aromatic heterocycles. The summed E-state index contributed by atoms with van der Waals surface area (Å²) in [6.07, 6.45) is 3.06. The van der Waals surface area contributed by atoms with E-state index in [0.29, 0.717) is 17.5 Å². The molecule has 0 atom stereocenters. The Morgan fingerprint density at radius 2 is 2.16 bits per heavy atom. The second kappa shape index (κ2) is 6.41. The molecular formula is C15H15ClN8O. The summed E-state index contributed by atoms with van der Waals surface area (Å²) in [7, 11) is 1.64. The van der Waals surface area contributed by atoms with Crippen molar-refractivity contribution >= 4 is 23.3 Å². The highest BCUT2D eigenvalue weighted by Gasteiger charge is 2.16. The number of aryl methyl sites for hydroxylation is 2. The first-order valence-corrected chi connectivity index (χ1v) is 7.75. The quantitative estimate of drug-likeness (QED) is 0.764. The molecule has 3 heterocycles. The zero-order valence-corrected chi connectivity index (χ0v) is 14.6. The maximum Gasteiger partial charge on any atom is 0.277 e. The van der Waals surface area contributed by atoms with Crippen molar-refractivity contribution in [3.63, 3.8) is 0 Å². The highest BCUT2D eigenvalue weighted by atomic mass is 35.5. The molecule has 0 aliphatic heterocycles. The number of hydrogen-bond donors (Lipinski definition) is 1. The molecule has 1 N–H and O–H groups in total. The highest BCUT2D eigenvalue weighted by molar-refractivity contribution is 6.31. The number of hydrogen-bond acceptors (Lipinski definition) is 5. The third kappa shape index (κ3) is 3.12. The van der Waals surface area contributed by atoms with Gasteiger partial charge < -0.3 is 5.32 Å². The van der Waals surface area contributed by atoms with Crippen molar-refractivity contribution in [2.45, 2.75) is 20.5 Å². The first kappa shape index (κ1) is 16.7. The van der Waals surface area contributed by atoms with Gasteiger partial charge in [-0.2, -0.15) is 20.6 Å². The summed E-state index contributed by atoms with van der Waals surface area (Å²) in [5.74, 6) is -0.0994. The maximum atomic E-state index is 12.3. The Kier molecular flexibility index (Phi) is 4.29. The lowest BCUT2D eigenvalue weighted by Gasteiger charge is -2.05. The molecule has 0 aliphatic carbocycles. The molecule has 9 nitrogen and oxygen atoms in total. The van der Waals surface area contributed by atoms with E-state index in [1.165, 1.54) is 10.9 Å². The minimum absolute atomic E-state index is 0.220. The largest absolute Gasteiger partial charge is 0.304 e. The van der Waals surface area contributed by atoms with Gasteiger partial charge in [0.15, 0.2) is 5.69 Å². The van der Waals surface area contributed by atoms with Gasteiger partial charge >= 0.3 is 0 Å². The van der Waals surface area contributed by atoms with Crippen LogP contribution < -0.4 is 5.32 Å². The van der Waals surface area contributed by atoms with E-state index in [4.69, 9.17) is 16.9 Å². The Balaban J connectivity index is 1.77. The van der Waals surface area contributed by atoms with Crippen molar-refractivity contribution < 1.29 is 4.79 Å². The first-order valence-electron chi connectivity index (χ1n) is 7.37. The molecule has 0 saturated heterocycles. The van der Waals surface area contributed by atoms with Gasteiger partial charge in [-0.15, -0.1) is 0 Å². The van der Waals surface area contributed by atoms with Gasteiger partial charge in [-0.3, -0.25) is 14.2 Å². The van der Waals surface area contributed by atoms with E-state index >= 15 is 0 Å².